The van der Waals surface area contributed by atoms with Crippen LogP contribution in [0.1, 0.15) is 16.7 Å². The molecule has 1 aromatic carbocycles. The highest BCUT2D eigenvalue weighted by Crippen LogP contribution is 2.15. The van der Waals surface area contributed by atoms with Crippen LogP contribution in [0.3, 0.4) is 0 Å². The average molecular weight is 259 g/mol. The summed E-state index contributed by atoms with van der Waals surface area (Å²) in [4.78, 5) is 0. The summed E-state index contributed by atoms with van der Waals surface area (Å²) in [7, 11) is 1.70. The number of hydrogen-bond donors (Lipinski definition) is 1. The Labute approximate surface area is 114 Å². The monoisotopic (exact) mass is 259 g/mol. The van der Waals surface area contributed by atoms with Crippen molar-refractivity contribution >= 4 is 5.69 Å². The second kappa shape index (κ2) is 6.38. The zero-order chi connectivity index (χ0) is 13.7. The molecule has 0 amide bonds. The van der Waals surface area contributed by atoms with Gasteiger partial charge in [0.05, 0.1) is 25.0 Å². The van der Waals surface area contributed by atoms with E-state index >= 15 is 0 Å². The van der Waals surface area contributed by atoms with Crippen molar-refractivity contribution in [2.75, 3.05) is 19.0 Å². The minimum absolute atomic E-state index is 0.679. The number of benzene rings is 1. The molecule has 0 unspecified atom stereocenters. The van der Waals surface area contributed by atoms with Gasteiger partial charge in [-0.2, -0.15) is 5.10 Å². The summed E-state index contributed by atoms with van der Waals surface area (Å²) in [5, 5.41) is 7.70. The fourth-order valence-electron chi connectivity index (χ4n) is 2.08. The van der Waals surface area contributed by atoms with E-state index in [1.165, 1.54) is 16.7 Å². The second-order valence-electron chi connectivity index (χ2n) is 4.71. The van der Waals surface area contributed by atoms with Gasteiger partial charge in [0.1, 0.15) is 0 Å². The summed E-state index contributed by atoms with van der Waals surface area (Å²) in [6.45, 7) is 6.58. The number of hydrogen-bond acceptors (Lipinski definition) is 3. The molecule has 0 atom stereocenters. The lowest BCUT2D eigenvalue weighted by atomic mass is 10.0. The van der Waals surface area contributed by atoms with Gasteiger partial charge < -0.3 is 10.1 Å². The van der Waals surface area contributed by atoms with Crippen LogP contribution in [0.4, 0.5) is 5.69 Å². The standard InChI is InChI=1S/C15H21N3O/c1-12-5-4-6-13(2)15(12)10-16-14-9-17-18(11-14)7-8-19-3/h4-6,9,11,16H,7-8,10H2,1-3H3. The molecule has 1 heterocycles. The number of aromatic nitrogens is 2. The van der Waals surface area contributed by atoms with E-state index in [-0.39, 0.29) is 0 Å². The molecule has 1 aromatic heterocycles. The minimum Gasteiger partial charge on any atom is -0.383 e. The van der Waals surface area contributed by atoms with Crippen molar-refractivity contribution in [2.45, 2.75) is 26.9 Å². The van der Waals surface area contributed by atoms with Crippen LogP contribution < -0.4 is 5.32 Å². The fraction of sp³-hybridized carbons (Fsp3) is 0.400. The van der Waals surface area contributed by atoms with Gasteiger partial charge in [0.2, 0.25) is 0 Å². The first-order chi connectivity index (χ1) is 9.20. The quantitative estimate of drug-likeness (QED) is 0.867. The number of nitrogens with one attached hydrogen (secondary N) is 1. The van der Waals surface area contributed by atoms with Gasteiger partial charge in [0.15, 0.2) is 0 Å². The molecule has 0 fully saturated rings. The van der Waals surface area contributed by atoms with Gasteiger partial charge in [-0.05, 0) is 30.5 Å². The molecule has 0 spiro atoms. The van der Waals surface area contributed by atoms with Crippen LogP contribution in [-0.4, -0.2) is 23.5 Å². The van der Waals surface area contributed by atoms with Crippen molar-refractivity contribution in [3.8, 4) is 0 Å². The average Bonchev–Trinajstić information content (AvgIpc) is 2.84. The van der Waals surface area contributed by atoms with E-state index in [0.717, 1.165) is 18.8 Å². The summed E-state index contributed by atoms with van der Waals surface area (Å²) in [5.41, 5.74) is 5.03. The first kappa shape index (κ1) is 13.6. The number of nitrogens with zero attached hydrogens (tertiary/aromatic N) is 2. The molecule has 4 nitrogen and oxygen atoms in total. The van der Waals surface area contributed by atoms with E-state index in [0.29, 0.717) is 6.61 Å². The van der Waals surface area contributed by atoms with Crippen LogP contribution in [0.5, 0.6) is 0 Å². The van der Waals surface area contributed by atoms with E-state index in [9.17, 15) is 0 Å². The summed E-state index contributed by atoms with van der Waals surface area (Å²) >= 11 is 0. The first-order valence-corrected chi connectivity index (χ1v) is 6.51. The molecule has 0 saturated heterocycles. The van der Waals surface area contributed by atoms with Gasteiger partial charge in [0, 0.05) is 19.9 Å². The third-order valence-corrected chi connectivity index (χ3v) is 3.27. The summed E-state index contributed by atoms with van der Waals surface area (Å²) < 4.78 is 6.92. The van der Waals surface area contributed by atoms with Crippen molar-refractivity contribution in [3.05, 3.63) is 47.3 Å². The minimum atomic E-state index is 0.679. The van der Waals surface area contributed by atoms with E-state index in [4.69, 9.17) is 4.74 Å². The van der Waals surface area contributed by atoms with Crippen LogP contribution in [0.2, 0.25) is 0 Å². The van der Waals surface area contributed by atoms with E-state index in [1.807, 2.05) is 17.1 Å². The molecule has 2 aromatic rings. The van der Waals surface area contributed by atoms with Crippen molar-refractivity contribution in [1.29, 1.82) is 0 Å². The molecular formula is C15H21N3O. The molecule has 0 aliphatic rings. The fourth-order valence-corrected chi connectivity index (χ4v) is 2.08. The predicted molar refractivity (Wildman–Crippen MR) is 77.3 cm³/mol. The molecule has 0 bridgehead atoms. The number of anilines is 1. The van der Waals surface area contributed by atoms with Crippen LogP contribution in [0.15, 0.2) is 30.6 Å². The molecule has 4 heteroatoms. The Balaban J connectivity index is 1.97. The normalized spacial score (nSPS) is 10.7. The van der Waals surface area contributed by atoms with Crippen molar-refractivity contribution in [3.63, 3.8) is 0 Å². The number of methoxy groups -OCH3 is 1. The second-order valence-corrected chi connectivity index (χ2v) is 4.71. The van der Waals surface area contributed by atoms with Gasteiger partial charge in [-0.25, -0.2) is 0 Å². The molecule has 2 rings (SSSR count). The predicted octanol–water partition coefficient (Wildman–Crippen LogP) is 2.76. The number of ether oxygens (including phenoxy) is 1. The molecular weight excluding hydrogens is 238 g/mol. The van der Waals surface area contributed by atoms with Gasteiger partial charge in [-0.3, -0.25) is 4.68 Å². The SMILES string of the molecule is COCCn1cc(NCc2c(C)cccc2C)cn1. The maximum absolute atomic E-state index is 5.03. The molecule has 0 aliphatic carbocycles. The summed E-state index contributed by atoms with van der Waals surface area (Å²) in [6.07, 6.45) is 3.86. The van der Waals surface area contributed by atoms with Crippen molar-refractivity contribution < 1.29 is 4.74 Å². The Kier molecular flexibility index (Phi) is 4.58. The Bertz CT molecular complexity index is 514. The highest BCUT2D eigenvalue weighted by atomic mass is 16.5. The molecule has 0 radical (unpaired) electrons. The van der Waals surface area contributed by atoms with Gasteiger partial charge >= 0.3 is 0 Å². The maximum atomic E-state index is 5.03. The maximum Gasteiger partial charge on any atom is 0.0729 e. The smallest absolute Gasteiger partial charge is 0.0729 e. The van der Waals surface area contributed by atoms with Crippen molar-refractivity contribution in [1.82, 2.24) is 9.78 Å². The van der Waals surface area contributed by atoms with Gasteiger partial charge in [-0.15, -0.1) is 0 Å². The van der Waals surface area contributed by atoms with Crippen LogP contribution in [-0.2, 0) is 17.8 Å². The highest BCUT2D eigenvalue weighted by Gasteiger charge is 2.03. The third-order valence-electron chi connectivity index (χ3n) is 3.27. The topological polar surface area (TPSA) is 39.1 Å². The molecule has 1 N–H and O–H groups in total. The molecule has 0 aliphatic heterocycles. The zero-order valence-corrected chi connectivity index (χ0v) is 11.8. The first-order valence-electron chi connectivity index (χ1n) is 6.51. The Morgan fingerprint density at radius 3 is 2.68 bits per heavy atom. The molecule has 0 saturated carbocycles. The lowest BCUT2D eigenvalue weighted by molar-refractivity contribution is 0.183. The lowest BCUT2D eigenvalue weighted by Crippen LogP contribution is -2.05. The van der Waals surface area contributed by atoms with Gasteiger partial charge in [0.25, 0.3) is 0 Å². The Morgan fingerprint density at radius 2 is 2.00 bits per heavy atom. The zero-order valence-electron chi connectivity index (χ0n) is 11.8. The van der Waals surface area contributed by atoms with E-state index < -0.39 is 0 Å². The van der Waals surface area contributed by atoms with Crippen LogP contribution in [0, 0.1) is 13.8 Å². The summed E-state index contributed by atoms with van der Waals surface area (Å²) in [5.74, 6) is 0. The largest absolute Gasteiger partial charge is 0.383 e. The summed E-state index contributed by atoms with van der Waals surface area (Å²) in [6, 6.07) is 6.38. The van der Waals surface area contributed by atoms with E-state index in [1.54, 1.807) is 7.11 Å². The lowest BCUT2D eigenvalue weighted by Gasteiger charge is -2.10. The highest BCUT2D eigenvalue weighted by molar-refractivity contribution is 5.42. The van der Waals surface area contributed by atoms with Crippen LogP contribution in [0.25, 0.3) is 0 Å². The Hall–Kier alpha value is -1.81. The number of rotatable bonds is 6. The molecule has 102 valence electrons. The van der Waals surface area contributed by atoms with E-state index in [2.05, 4.69) is 42.5 Å². The molecule has 19 heavy (non-hydrogen) atoms. The van der Waals surface area contributed by atoms with Gasteiger partial charge in [-0.1, -0.05) is 18.2 Å². The van der Waals surface area contributed by atoms with Crippen LogP contribution >= 0.6 is 0 Å². The van der Waals surface area contributed by atoms with Crippen molar-refractivity contribution in [2.24, 2.45) is 0 Å². The third kappa shape index (κ3) is 3.58. The Morgan fingerprint density at radius 1 is 1.26 bits per heavy atom. The number of aryl methyl sites for hydroxylation is 2.